The fourth-order valence-corrected chi connectivity index (χ4v) is 5.78. The third kappa shape index (κ3) is 5.03. The maximum Gasteiger partial charge on any atom is 0.414 e. The standard InChI is InChI=1S/C26H28ClF3N4O2/c1-34(25(36)16-5-9-22(35)32-12-16)24(26(28,29)30)21-8-6-17(13-31-21)33-18-10-15-4-7-20(27)23(14-2-3-14)19(15)11-18/h4,6-8,13-14,16,18,24,33H,2-3,5,9-12H2,1H3,(H,32,35)/t16-,18?,24-/m0/s1. The van der Waals surface area contributed by atoms with Gasteiger partial charge in [-0.15, -0.1) is 0 Å². The van der Waals surface area contributed by atoms with Gasteiger partial charge in [0.25, 0.3) is 0 Å². The first-order valence-corrected chi connectivity index (χ1v) is 12.6. The van der Waals surface area contributed by atoms with Crippen LogP contribution >= 0.6 is 11.6 Å². The van der Waals surface area contributed by atoms with Crippen molar-refractivity contribution < 1.29 is 22.8 Å². The van der Waals surface area contributed by atoms with E-state index in [1.807, 2.05) is 6.07 Å². The van der Waals surface area contributed by atoms with Gasteiger partial charge >= 0.3 is 6.18 Å². The summed E-state index contributed by atoms with van der Waals surface area (Å²) in [4.78, 5) is 29.0. The topological polar surface area (TPSA) is 74.3 Å². The largest absolute Gasteiger partial charge is 0.414 e. The molecule has 2 amide bonds. The maximum atomic E-state index is 14.0. The summed E-state index contributed by atoms with van der Waals surface area (Å²) in [6, 6.07) is 4.86. The number of fused-ring (bicyclic) bond motifs is 1. The minimum absolute atomic E-state index is 0.0420. The van der Waals surface area contributed by atoms with Crippen molar-refractivity contribution >= 4 is 29.1 Å². The predicted octanol–water partition coefficient (Wildman–Crippen LogP) is 4.78. The van der Waals surface area contributed by atoms with E-state index in [0.29, 0.717) is 16.5 Å². The number of anilines is 1. The average Bonchev–Trinajstić information content (AvgIpc) is 3.58. The van der Waals surface area contributed by atoms with Crippen LogP contribution in [0.2, 0.25) is 5.02 Å². The molecule has 2 aromatic rings. The normalized spacial score (nSPS) is 22.5. The lowest BCUT2D eigenvalue weighted by Gasteiger charge is -2.33. The van der Waals surface area contributed by atoms with E-state index >= 15 is 0 Å². The van der Waals surface area contributed by atoms with Crippen LogP contribution in [0.5, 0.6) is 0 Å². The van der Waals surface area contributed by atoms with E-state index < -0.39 is 24.0 Å². The molecule has 3 aliphatic rings. The number of hydrogen-bond donors (Lipinski definition) is 2. The summed E-state index contributed by atoms with van der Waals surface area (Å²) in [5, 5.41) is 6.76. The minimum Gasteiger partial charge on any atom is -0.380 e. The van der Waals surface area contributed by atoms with Gasteiger partial charge in [0.1, 0.15) is 0 Å². The number of alkyl halides is 3. The minimum atomic E-state index is -4.70. The molecule has 0 radical (unpaired) electrons. The highest BCUT2D eigenvalue weighted by Crippen LogP contribution is 2.47. The number of rotatable bonds is 6. The van der Waals surface area contributed by atoms with Gasteiger partial charge in [0.2, 0.25) is 11.8 Å². The van der Waals surface area contributed by atoms with Crippen molar-refractivity contribution in [1.29, 1.82) is 0 Å². The summed E-state index contributed by atoms with van der Waals surface area (Å²) in [6.45, 7) is 0.0420. The molecule has 10 heteroatoms. The van der Waals surface area contributed by atoms with Gasteiger partial charge < -0.3 is 15.5 Å². The van der Waals surface area contributed by atoms with E-state index in [4.69, 9.17) is 11.6 Å². The van der Waals surface area contributed by atoms with Crippen molar-refractivity contribution in [3.8, 4) is 0 Å². The zero-order valence-corrected chi connectivity index (χ0v) is 20.6. The zero-order valence-electron chi connectivity index (χ0n) is 19.9. The molecule has 36 heavy (non-hydrogen) atoms. The van der Waals surface area contributed by atoms with Crippen LogP contribution in [-0.4, -0.2) is 47.5 Å². The third-order valence-electron chi connectivity index (χ3n) is 7.40. The Hall–Kier alpha value is -2.81. The monoisotopic (exact) mass is 520 g/mol. The van der Waals surface area contributed by atoms with Crippen molar-refractivity contribution in [3.05, 3.63) is 57.9 Å². The number of aromatic nitrogens is 1. The van der Waals surface area contributed by atoms with Crippen molar-refractivity contribution in [3.63, 3.8) is 0 Å². The van der Waals surface area contributed by atoms with E-state index in [1.165, 1.54) is 29.0 Å². The Kier molecular flexibility index (Phi) is 6.61. The summed E-state index contributed by atoms with van der Waals surface area (Å²) < 4.78 is 42.1. The summed E-state index contributed by atoms with van der Waals surface area (Å²) in [5.41, 5.74) is 4.19. The van der Waals surface area contributed by atoms with Crippen LogP contribution in [-0.2, 0) is 22.4 Å². The lowest BCUT2D eigenvalue weighted by atomic mass is 9.96. The number of pyridine rings is 1. The molecule has 1 aromatic heterocycles. The quantitative estimate of drug-likeness (QED) is 0.575. The molecule has 1 aromatic carbocycles. The number of piperidine rings is 1. The third-order valence-corrected chi connectivity index (χ3v) is 7.73. The summed E-state index contributed by atoms with van der Waals surface area (Å²) in [6.07, 6.45) is 0.990. The smallest absolute Gasteiger partial charge is 0.380 e. The van der Waals surface area contributed by atoms with Crippen molar-refractivity contribution in [2.45, 2.75) is 62.7 Å². The summed E-state index contributed by atoms with van der Waals surface area (Å²) >= 11 is 6.47. The fraction of sp³-hybridized carbons (Fsp3) is 0.500. The van der Waals surface area contributed by atoms with Crippen molar-refractivity contribution in [2.24, 2.45) is 5.92 Å². The number of nitrogens with zero attached hydrogens (tertiary/aromatic N) is 2. The molecular formula is C26H28ClF3N4O2. The molecule has 2 heterocycles. The number of carbonyl (C=O) groups excluding carboxylic acids is 2. The molecule has 6 nitrogen and oxygen atoms in total. The Balaban J connectivity index is 1.28. The van der Waals surface area contributed by atoms with Crippen LogP contribution < -0.4 is 10.6 Å². The van der Waals surface area contributed by atoms with Gasteiger partial charge in [-0.2, -0.15) is 13.2 Å². The van der Waals surface area contributed by atoms with Crippen LogP contribution in [0.15, 0.2) is 30.5 Å². The highest BCUT2D eigenvalue weighted by atomic mass is 35.5. The lowest BCUT2D eigenvalue weighted by Crippen LogP contribution is -2.47. The van der Waals surface area contributed by atoms with Gasteiger partial charge in [-0.25, -0.2) is 0 Å². The molecule has 1 unspecified atom stereocenters. The van der Waals surface area contributed by atoms with E-state index in [9.17, 15) is 22.8 Å². The van der Waals surface area contributed by atoms with Crippen LogP contribution in [0.3, 0.4) is 0 Å². The molecule has 2 N–H and O–H groups in total. The molecule has 1 saturated heterocycles. The second kappa shape index (κ2) is 9.57. The van der Waals surface area contributed by atoms with E-state index in [2.05, 4.69) is 21.7 Å². The predicted molar refractivity (Wildman–Crippen MR) is 130 cm³/mol. The van der Waals surface area contributed by atoms with E-state index in [0.717, 1.165) is 37.8 Å². The Morgan fingerprint density at radius 1 is 1.19 bits per heavy atom. The first kappa shape index (κ1) is 24.9. The SMILES string of the molecule is CN(C(=O)[C@H]1CCC(=O)NC1)[C@@H](c1ccc(NC2Cc3ccc(Cl)c(C4CC4)c3C2)cn1)C(F)(F)F. The second-order valence-electron chi connectivity index (χ2n) is 10.0. The van der Waals surface area contributed by atoms with Crippen LogP contribution in [0.25, 0.3) is 0 Å². The molecule has 0 bridgehead atoms. The van der Waals surface area contributed by atoms with Gasteiger partial charge in [-0.3, -0.25) is 14.6 Å². The summed E-state index contributed by atoms with van der Waals surface area (Å²) in [5.74, 6) is -1.00. The van der Waals surface area contributed by atoms with Gasteiger partial charge in [-0.1, -0.05) is 17.7 Å². The number of hydrogen-bond acceptors (Lipinski definition) is 4. The summed E-state index contributed by atoms with van der Waals surface area (Å²) in [7, 11) is 1.14. The van der Waals surface area contributed by atoms with Gasteiger partial charge in [0, 0.05) is 31.1 Å². The molecule has 3 atom stereocenters. The van der Waals surface area contributed by atoms with Crippen molar-refractivity contribution in [2.75, 3.05) is 18.9 Å². The number of carbonyl (C=O) groups is 2. The highest BCUT2D eigenvalue weighted by Gasteiger charge is 2.47. The van der Waals surface area contributed by atoms with Crippen LogP contribution in [0, 0.1) is 5.92 Å². The first-order valence-electron chi connectivity index (χ1n) is 12.2. The molecule has 1 saturated carbocycles. The molecular weight excluding hydrogens is 493 g/mol. The first-order chi connectivity index (χ1) is 17.1. The Morgan fingerprint density at radius 2 is 1.97 bits per heavy atom. The molecule has 1 aliphatic heterocycles. The molecule has 5 rings (SSSR count). The maximum absolute atomic E-state index is 14.0. The Bertz CT molecular complexity index is 1160. The van der Waals surface area contributed by atoms with Crippen LogP contribution in [0.1, 0.15) is 60.0 Å². The molecule has 2 fully saturated rings. The molecule has 0 spiro atoms. The second-order valence-corrected chi connectivity index (χ2v) is 10.4. The van der Waals surface area contributed by atoms with Gasteiger partial charge in [0.05, 0.1) is 23.5 Å². The van der Waals surface area contributed by atoms with Crippen LogP contribution in [0.4, 0.5) is 18.9 Å². The van der Waals surface area contributed by atoms with E-state index in [1.54, 1.807) is 6.07 Å². The number of halogens is 4. The number of nitrogens with one attached hydrogen (secondary N) is 2. The van der Waals surface area contributed by atoms with Gasteiger partial charge in [-0.05, 0) is 72.9 Å². The number of amides is 2. The Labute approximate surface area is 212 Å². The van der Waals surface area contributed by atoms with Gasteiger partial charge in [0.15, 0.2) is 6.04 Å². The fourth-order valence-electron chi connectivity index (χ4n) is 5.45. The number of benzene rings is 1. The lowest BCUT2D eigenvalue weighted by molar-refractivity contribution is -0.191. The molecule has 192 valence electrons. The molecule has 2 aliphatic carbocycles. The van der Waals surface area contributed by atoms with E-state index in [-0.39, 0.29) is 37.0 Å². The average molecular weight is 521 g/mol. The zero-order chi connectivity index (χ0) is 25.6. The van der Waals surface area contributed by atoms with Crippen molar-refractivity contribution in [1.82, 2.24) is 15.2 Å². The Morgan fingerprint density at radius 3 is 2.58 bits per heavy atom. The highest BCUT2D eigenvalue weighted by molar-refractivity contribution is 6.31.